The van der Waals surface area contributed by atoms with Crippen molar-refractivity contribution < 1.29 is 4.42 Å². The van der Waals surface area contributed by atoms with E-state index in [1.165, 1.54) is 49.5 Å². The van der Waals surface area contributed by atoms with Crippen LogP contribution in [-0.4, -0.2) is 9.97 Å². The highest BCUT2D eigenvalue weighted by Gasteiger charge is 2.47. The van der Waals surface area contributed by atoms with Gasteiger partial charge in [-0.25, -0.2) is 9.97 Å². The molecule has 8 aromatic carbocycles. The smallest absolute Gasteiger partial charge is 0.159 e. The maximum Gasteiger partial charge on any atom is 0.159 e. The van der Waals surface area contributed by atoms with Crippen molar-refractivity contribution in [2.75, 3.05) is 0 Å². The summed E-state index contributed by atoms with van der Waals surface area (Å²) >= 11 is 0. The second kappa shape index (κ2) is 10.2. The zero-order valence-corrected chi connectivity index (χ0v) is 27.0. The average Bonchev–Trinajstić information content (AvgIpc) is 3.70. The summed E-state index contributed by atoms with van der Waals surface area (Å²) < 4.78 is 6.52. The molecular formula is C47H28N2O. The molecule has 0 radical (unpaired) electrons. The number of benzene rings is 8. The Morgan fingerprint density at radius 2 is 1.00 bits per heavy atom. The van der Waals surface area contributed by atoms with Crippen LogP contribution in [0.2, 0.25) is 0 Å². The van der Waals surface area contributed by atoms with E-state index in [1.807, 2.05) is 12.3 Å². The molecule has 0 fully saturated rings. The zero-order chi connectivity index (χ0) is 32.8. The van der Waals surface area contributed by atoms with Gasteiger partial charge in [-0.1, -0.05) is 140 Å². The van der Waals surface area contributed by atoms with Crippen LogP contribution >= 0.6 is 0 Å². The lowest BCUT2D eigenvalue weighted by Gasteiger charge is -2.34. The molecule has 3 heteroatoms. The minimum absolute atomic E-state index is 0.587. The number of hydrogen-bond acceptors (Lipinski definition) is 3. The minimum Gasteiger partial charge on any atom is -0.456 e. The SMILES string of the molecule is c1ccc(C2(c3ccccc3)c3cc(-c4ncc5c6ccccc6c6ccccc6c5n4)ccc3-c3cc4c(cc32)oc2ccccc24)cc1. The maximum absolute atomic E-state index is 6.52. The average molecular weight is 637 g/mol. The third kappa shape index (κ3) is 3.64. The monoisotopic (exact) mass is 636 g/mol. The molecule has 232 valence electrons. The van der Waals surface area contributed by atoms with Crippen LogP contribution < -0.4 is 0 Å². The lowest BCUT2D eigenvalue weighted by Crippen LogP contribution is -2.28. The topological polar surface area (TPSA) is 38.9 Å². The molecule has 0 N–H and O–H groups in total. The lowest BCUT2D eigenvalue weighted by atomic mass is 9.67. The summed E-state index contributed by atoms with van der Waals surface area (Å²) in [6.45, 7) is 0. The van der Waals surface area contributed by atoms with Crippen molar-refractivity contribution in [3.05, 3.63) is 192 Å². The van der Waals surface area contributed by atoms with E-state index in [4.69, 9.17) is 14.4 Å². The van der Waals surface area contributed by atoms with E-state index >= 15 is 0 Å². The van der Waals surface area contributed by atoms with Gasteiger partial charge in [0.25, 0.3) is 0 Å². The van der Waals surface area contributed by atoms with Gasteiger partial charge in [0.1, 0.15) is 11.2 Å². The molecule has 0 bridgehead atoms. The van der Waals surface area contributed by atoms with Gasteiger partial charge in [-0.3, -0.25) is 0 Å². The third-order valence-corrected chi connectivity index (χ3v) is 10.8. The summed E-state index contributed by atoms with van der Waals surface area (Å²) in [5.41, 5.74) is 10.4. The van der Waals surface area contributed by atoms with E-state index in [9.17, 15) is 0 Å². The molecule has 2 heterocycles. The molecule has 50 heavy (non-hydrogen) atoms. The maximum atomic E-state index is 6.52. The number of nitrogens with zero attached hydrogens (tertiary/aromatic N) is 2. The molecule has 3 nitrogen and oxygen atoms in total. The number of hydrogen-bond donors (Lipinski definition) is 0. The highest BCUT2D eigenvalue weighted by molar-refractivity contribution is 6.24. The number of furan rings is 1. The fourth-order valence-corrected chi connectivity index (χ4v) is 8.64. The summed E-state index contributed by atoms with van der Waals surface area (Å²) in [7, 11) is 0. The van der Waals surface area contributed by atoms with Crippen LogP contribution in [0.25, 0.3) is 76.9 Å². The Morgan fingerprint density at radius 1 is 0.420 bits per heavy atom. The molecule has 0 atom stereocenters. The van der Waals surface area contributed by atoms with E-state index in [0.717, 1.165) is 43.8 Å². The van der Waals surface area contributed by atoms with E-state index in [1.54, 1.807) is 0 Å². The fourth-order valence-electron chi connectivity index (χ4n) is 8.64. The molecule has 0 unspecified atom stereocenters. The Morgan fingerprint density at radius 3 is 1.72 bits per heavy atom. The van der Waals surface area contributed by atoms with E-state index in [-0.39, 0.29) is 0 Å². The van der Waals surface area contributed by atoms with E-state index < -0.39 is 5.41 Å². The first-order chi connectivity index (χ1) is 24.8. The highest BCUT2D eigenvalue weighted by Crippen LogP contribution is 2.58. The molecule has 1 aliphatic rings. The Balaban J connectivity index is 1.22. The third-order valence-electron chi connectivity index (χ3n) is 10.8. The number of rotatable bonds is 3. The van der Waals surface area contributed by atoms with Gasteiger partial charge >= 0.3 is 0 Å². The highest BCUT2D eigenvalue weighted by atomic mass is 16.3. The van der Waals surface area contributed by atoms with E-state index in [2.05, 4.69) is 158 Å². The van der Waals surface area contributed by atoms with Crippen molar-refractivity contribution in [1.29, 1.82) is 0 Å². The number of para-hydroxylation sites is 1. The Hall–Kier alpha value is -6.58. The van der Waals surface area contributed by atoms with Crippen LogP contribution in [-0.2, 0) is 5.41 Å². The van der Waals surface area contributed by atoms with Gasteiger partial charge < -0.3 is 4.42 Å². The molecule has 0 amide bonds. The second-order valence-electron chi connectivity index (χ2n) is 13.3. The van der Waals surface area contributed by atoms with Crippen LogP contribution in [0.1, 0.15) is 22.3 Å². The first-order valence-corrected chi connectivity index (χ1v) is 17.1. The van der Waals surface area contributed by atoms with Gasteiger partial charge in [0.2, 0.25) is 0 Å². The summed E-state index contributed by atoms with van der Waals surface area (Å²) in [4.78, 5) is 10.4. The van der Waals surface area contributed by atoms with E-state index in [0.29, 0.717) is 5.82 Å². The van der Waals surface area contributed by atoms with Crippen molar-refractivity contribution in [3.8, 4) is 22.5 Å². The van der Waals surface area contributed by atoms with Gasteiger partial charge in [-0.2, -0.15) is 0 Å². The number of aromatic nitrogens is 2. The van der Waals surface area contributed by atoms with Crippen molar-refractivity contribution in [3.63, 3.8) is 0 Å². The summed E-state index contributed by atoms with van der Waals surface area (Å²) in [5.74, 6) is 0.714. The van der Waals surface area contributed by atoms with Gasteiger partial charge in [0, 0.05) is 33.3 Å². The van der Waals surface area contributed by atoms with Gasteiger partial charge in [-0.15, -0.1) is 0 Å². The lowest BCUT2D eigenvalue weighted by molar-refractivity contribution is 0.666. The largest absolute Gasteiger partial charge is 0.456 e. The van der Waals surface area contributed by atoms with Gasteiger partial charge in [0.15, 0.2) is 5.82 Å². The van der Waals surface area contributed by atoms with Crippen molar-refractivity contribution >= 4 is 54.4 Å². The van der Waals surface area contributed by atoms with Crippen LogP contribution in [0.4, 0.5) is 0 Å². The summed E-state index contributed by atoms with van der Waals surface area (Å²) in [6, 6.07) is 58.6. The quantitative estimate of drug-likeness (QED) is 0.181. The predicted octanol–water partition coefficient (Wildman–Crippen LogP) is 11.9. The fraction of sp³-hybridized carbons (Fsp3) is 0.0213. The molecule has 0 saturated carbocycles. The summed E-state index contributed by atoms with van der Waals surface area (Å²) in [6.07, 6.45) is 2.01. The Labute approximate surface area is 288 Å². The van der Waals surface area contributed by atoms with Crippen LogP contribution in [0.3, 0.4) is 0 Å². The van der Waals surface area contributed by atoms with Gasteiger partial charge in [-0.05, 0) is 73.8 Å². The van der Waals surface area contributed by atoms with Crippen LogP contribution in [0, 0.1) is 0 Å². The molecular weight excluding hydrogens is 609 g/mol. The minimum atomic E-state index is -0.587. The normalized spacial score (nSPS) is 13.4. The Bertz CT molecular complexity index is 2900. The second-order valence-corrected chi connectivity index (χ2v) is 13.3. The number of fused-ring (bicyclic) bond motifs is 12. The molecule has 11 rings (SSSR count). The zero-order valence-electron chi connectivity index (χ0n) is 27.0. The molecule has 0 spiro atoms. The molecule has 10 aromatic rings. The first kappa shape index (κ1) is 27.4. The molecule has 1 aliphatic carbocycles. The molecule has 0 aliphatic heterocycles. The molecule has 2 aromatic heterocycles. The van der Waals surface area contributed by atoms with Crippen LogP contribution in [0.15, 0.2) is 174 Å². The van der Waals surface area contributed by atoms with Crippen molar-refractivity contribution in [2.24, 2.45) is 0 Å². The predicted molar refractivity (Wildman–Crippen MR) is 205 cm³/mol. The standard InChI is InChI=1S/C47H28N2O/c1-3-13-30(14-4-1)47(31-15-5-2-6-16-31)41-25-29(23-24-35(41)38-26-39-36-20-11-12-22-43(36)50-44(39)27-42(38)47)46-48-28-40-34-19-8-7-17-32(34)33-18-9-10-21-37(33)45(40)49-46/h1-28H. The molecule has 0 saturated heterocycles. The first-order valence-electron chi connectivity index (χ1n) is 17.1. The van der Waals surface area contributed by atoms with Crippen molar-refractivity contribution in [2.45, 2.75) is 5.41 Å². The van der Waals surface area contributed by atoms with Crippen LogP contribution in [0.5, 0.6) is 0 Å². The van der Waals surface area contributed by atoms with Gasteiger partial charge in [0.05, 0.1) is 10.9 Å². The Kier molecular flexibility index (Phi) is 5.59. The summed E-state index contributed by atoms with van der Waals surface area (Å²) in [5, 5.41) is 8.05. The van der Waals surface area contributed by atoms with Crippen molar-refractivity contribution in [1.82, 2.24) is 9.97 Å².